The number of rotatable bonds is 8. The van der Waals surface area contributed by atoms with Gasteiger partial charge in [-0.2, -0.15) is 0 Å². The summed E-state index contributed by atoms with van der Waals surface area (Å²) in [6, 6.07) is 15.8. The number of anilines is 1. The number of nitrogen functional groups attached to an aromatic ring is 1. The van der Waals surface area contributed by atoms with Crippen molar-refractivity contribution < 1.29 is 23.8 Å². The molecule has 0 spiro atoms. The van der Waals surface area contributed by atoms with Gasteiger partial charge in [-0.05, 0) is 36.2 Å². The maximum atomic E-state index is 15.3. The van der Waals surface area contributed by atoms with E-state index in [0.29, 0.717) is 5.69 Å². The number of hydrogen-bond acceptors (Lipinski definition) is 4. The first kappa shape index (κ1) is 23.1. The highest BCUT2D eigenvalue weighted by molar-refractivity contribution is 6.35. The Morgan fingerprint density at radius 3 is 2.53 bits per heavy atom. The van der Waals surface area contributed by atoms with E-state index < -0.39 is 23.7 Å². The molecule has 1 amide bonds. The molecule has 3 aromatic rings. The Kier molecular flexibility index (Phi) is 7.33. The maximum absolute atomic E-state index is 15.3. The van der Waals surface area contributed by atoms with Gasteiger partial charge in [0.05, 0.1) is 22.3 Å². The lowest BCUT2D eigenvalue weighted by molar-refractivity contribution is 0.103. The monoisotopic (exact) mass is 456 g/mol. The zero-order valence-electron chi connectivity index (χ0n) is 17.3. The molecule has 4 N–H and O–H groups in total. The summed E-state index contributed by atoms with van der Waals surface area (Å²) in [5.41, 5.74) is 7.07. The lowest BCUT2D eigenvalue weighted by Gasteiger charge is -2.18. The number of amides is 1. The molecule has 0 radical (unpaired) electrons. The molecule has 0 saturated carbocycles. The van der Waals surface area contributed by atoms with Crippen LogP contribution in [0.25, 0.3) is 0 Å². The van der Waals surface area contributed by atoms with Crippen LogP contribution in [0.5, 0.6) is 5.75 Å². The van der Waals surface area contributed by atoms with Crippen LogP contribution in [0.3, 0.4) is 0 Å². The van der Waals surface area contributed by atoms with Gasteiger partial charge in [0.25, 0.3) is 0 Å². The molecule has 32 heavy (non-hydrogen) atoms. The van der Waals surface area contributed by atoms with E-state index in [4.69, 9.17) is 27.2 Å². The van der Waals surface area contributed by atoms with Gasteiger partial charge >= 0.3 is 6.09 Å². The highest BCUT2D eigenvalue weighted by atomic mass is 35.5. The van der Waals surface area contributed by atoms with Crippen LogP contribution >= 0.6 is 11.6 Å². The molecule has 0 unspecified atom stereocenters. The van der Waals surface area contributed by atoms with Crippen molar-refractivity contribution in [2.45, 2.75) is 26.0 Å². The summed E-state index contributed by atoms with van der Waals surface area (Å²) in [6.07, 6.45) is -1.00. The Labute approximate surface area is 189 Å². The van der Waals surface area contributed by atoms with Crippen molar-refractivity contribution in [1.82, 2.24) is 5.32 Å². The van der Waals surface area contributed by atoms with E-state index >= 15 is 4.39 Å². The van der Waals surface area contributed by atoms with Crippen LogP contribution in [0.2, 0.25) is 5.02 Å². The second kappa shape index (κ2) is 10.2. The van der Waals surface area contributed by atoms with E-state index in [9.17, 15) is 9.59 Å². The Bertz CT molecular complexity index is 1140. The van der Waals surface area contributed by atoms with Gasteiger partial charge < -0.3 is 20.9 Å². The van der Waals surface area contributed by atoms with Crippen molar-refractivity contribution in [1.29, 1.82) is 0 Å². The number of carboxylic acid groups (broad SMARTS) is 1. The molecule has 0 bridgehead atoms. The summed E-state index contributed by atoms with van der Waals surface area (Å²) in [4.78, 5) is 24.2. The van der Waals surface area contributed by atoms with Crippen LogP contribution in [0.1, 0.15) is 46.4 Å². The number of nitrogens with two attached hydrogens (primary N) is 1. The summed E-state index contributed by atoms with van der Waals surface area (Å²) in [5.74, 6) is -1.25. The highest BCUT2D eigenvalue weighted by Crippen LogP contribution is 2.31. The molecule has 0 aliphatic carbocycles. The van der Waals surface area contributed by atoms with Crippen molar-refractivity contribution in [3.05, 3.63) is 93.8 Å². The smallest absolute Gasteiger partial charge is 0.405 e. The molecule has 3 rings (SSSR count). The van der Waals surface area contributed by atoms with E-state index in [1.54, 1.807) is 6.92 Å². The minimum Gasteiger partial charge on any atom is -0.487 e. The molecule has 0 heterocycles. The van der Waals surface area contributed by atoms with Crippen molar-refractivity contribution in [2.24, 2.45) is 0 Å². The molecule has 8 heteroatoms. The number of halogens is 2. The third-order valence-corrected chi connectivity index (χ3v) is 5.26. The van der Waals surface area contributed by atoms with Gasteiger partial charge in [-0.1, -0.05) is 54.9 Å². The normalized spacial score (nSPS) is 11.6. The average Bonchev–Trinajstić information content (AvgIpc) is 2.77. The number of benzene rings is 3. The van der Waals surface area contributed by atoms with Crippen LogP contribution < -0.4 is 15.8 Å². The van der Waals surface area contributed by atoms with Crippen molar-refractivity contribution in [3.8, 4) is 5.75 Å². The van der Waals surface area contributed by atoms with Crippen LogP contribution in [0.4, 0.5) is 14.9 Å². The summed E-state index contributed by atoms with van der Waals surface area (Å²) < 4.78 is 21.1. The maximum Gasteiger partial charge on any atom is 0.405 e. The number of carbonyl (C=O) groups excluding carboxylic acids is 1. The van der Waals surface area contributed by atoms with Gasteiger partial charge in [0.15, 0.2) is 5.78 Å². The minimum absolute atomic E-state index is 0.0404. The quantitative estimate of drug-likeness (QED) is 0.303. The van der Waals surface area contributed by atoms with Gasteiger partial charge in [0, 0.05) is 11.1 Å². The Morgan fingerprint density at radius 2 is 1.88 bits per heavy atom. The SMILES string of the molecule is CC[C@@H](NC(=O)O)c1ccc(Cl)c(C(=O)c2ccc(N)c(OCc3ccccc3)c2)c1F. The van der Waals surface area contributed by atoms with Crippen LogP contribution in [0, 0.1) is 5.82 Å². The van der Waals surface area contributed by atoms with E-state index in [1.165, 1.54) is 30.3 Å². The molecule has 166 valence electrons. The molecule has 0 saturated heterocycles. The topological polar surface area (TPSA) is 102 Å². The van der Waals surface area contributed by atoms with Gasteiger partial charge in [-0.3, -0.25) is 4.79 Å². The number of nitrogens with one attached hydrogen (secondary N) is 1. The molecule has 0 aliphatic heterocycles. The van der Waals surface area contributed by atoms with E-state index in [2.05, 4.69) is 5.32 Å². The molecule has 1 atom stereocenters. The van der Waals surface area contributed by atoms with Gasteiger partial charge in [0.1, 0.15) is 18.2 Å². The predicted molar refractivity (Wildman–Crippen MR) is 121 cm³/mol. The third kappa shape index (κ3) is 5.18. The number of ether oxygens (including phenoxy) is 1. The average molecular weight is 457 g/mol. The summed E-state index contributed by atoms with van der Waals surface area (Å²) in [5, 5.41) is 11.2. The lowest BCUT2D eigenvalue weighted by atomic mass is 9.96. The first-order chi connectivity index (χ1) is 15.3. The van der Waals surface area contributed by atoms with Crippen molar-refractivity contribution in [2.75, 3.05) is 5.73 Å². The fourth-order valence-corrected chi connectivity index (χ4v) is 3.51. The lowest BCUT2D eigenvalue weighted by Crippen LogP contribution is -2.27. The van der Waals surface area contributed by atoms with Crippen LogP contribution in [-0.2, 0) is 6.61 Å². The molecular formula is C24H22ClFN2O4. The van der Waals surface area contributed by atoms with Gasteiger partial charge in [0.2, 0.25) is 0 Å². The van der Waals surface area contributed by atoms with Crippen molar-refractivity contribution >= 4 is 29.2 Å². The zero-order chi connectivity index (χ0) is 23.3. The predicted octanol–water partition coefficient (Wildman–Crippen LogP) is 5.59. The van der Waals surface area contributed by atoms with E-state index in [0.717, 1.165) is 5.56 Å². The van der Waals surface area contributed by atoms with E-state index in [1.807, 2.05) is 30.3 Å². The largest absolute Gasteiger partial charge is 0.487 e. The number of ketones is 1. The molecule has 3 aromatic carbocycles. The molecule has 6 nitrogen and oxygen atoms in total. The fraction of sp³-hybridized carbons (Fsp3) is 0.167. The molecule has 0 aromatic heterocycles. The van der Waals surface area contributed by atoms with Crippen LogP contribution in [0.15, 0.2) is 60.7 Å². The Morgan fingerprint density at radius 1 is 1.16 bits per heavy atom. The first-order valence-corrected chi connectivity index (χ1v) is 10.3. The standard InChI is InChI=1S/C24H22ClFN2O4/c1-2-19(28-24(30)31)16-9-10-17(25)21(22(16)26)23(29)15-8-11-18(27)20(12-15)32-13-14-6-4-3-5-7-14/h3-12,19,28H,2,13,27H2,1H3,(H,30,31)/t19-/m1/s1. The summed E-state index contributed by atoms with van der Waals surface area (Å²) in [6.45, 7) is 1.94. The molecular weight excluding hydrogens is 435 g/mol. The second-order valence-electron chi connectivity index (χ2n) is 7.09. The minimum atomic E-state index is -1.29. The second-order valence-corrected chi connectivity index (χ2v) is 7.50. The van der Waals surface area contributed by atoms with Crippen molar-refractivity contribution in [3.63, 3.8) is 0 Å². The fourth-order valence-electron chi connectivity index (χ4n) is 3.27. The van der Waals surface area contributed by atoms with Gasteiger partial charge in [-0.25, -0.2) is 9.18 Å². The summed E-state index contributed by atoms with van der Waals surface area (Å²) >= 11 is 6.16. The highest BCUT2D eigenvalue weighted by Gasteiger charge is 2.25. The number of hydrogen-bond donors (Lipinski definition) is 3. The third-order valence-electron chi connectivity index (χ3n) is 4.94. The first-order valence-electron chi connectivity index (χ1n) is 9.90. The van der Waals surface area contributed by atoms with Gasteiger partial charge in [-0.15, -0.1) is 0 Å². The van der Waals surface area contributed by atoms with E-state index in [-0.39, 0.29) is 40.5 Å². The molecule has 0 aliphatic rings. The van der Waals surface area contributed by atoms with Crippen LogP contribution in [-0.4, -0.2) is 17.0 Å². The zero-order valence-corrected chi connectivity index (χ0v) is 18.0. The Balaban J connectivity index is 1.93. The Hall–Kier alpha value is -3.58. The number of carbonyl (C=O) groups is 2. The summed E-state index contributed by atoms with van der Waals surface area (Å²) in [7, 11) is 0. The molecule has 0 fully saturated rings.